The van der Waals surface area contributed by atoms with Crippen molar-refractivity contribution in [1.82, 2.24) is 10.6 Å². The van der Waals surface area contributed by atoms with Crippen molar-refractivity contribution in [3.8, 4) is 0 Å². The predicted octanol–water partition coefficient (Wildman–Crippen LogP) is 1.32. The Bertz CT molecular complexity index is 375. The Morgan fingerprint density at radius 2 is 2.16 bits per heavy atom. The van der Waals surface area contributed by atoms with Crippen LogP contribution < -0.4 is 10.6 Å². The second-order valence-corrected chi connectivity index (χ2v) is 4.98. The maximum absolute atomic E-state index is 11.7. The van der Waals surface area contributed by atoms with E-state index in [0.717, 1.165) is 31.7 Å². The van der Waals surface area contributed by atoms with Gasteiger partial charge in [-0.3, -0.25) is 4.79 Å². The number of carbonyl (C=O) groups is 1. The van der Waals surface area contributed by atoms with Crippen LogP contribution in [0.3, 0.4) is 0 Å². The average molecular weight is 262 g/mol. The topological polar surface area (TPSA) is 50.4 Å². The molecule has 0 saturated carbocycles. The first-order valence-corrected chi connectivity index (χ1v) is 6.93. The molecule has 0 bridgehead atoms. The van der Waals surface area contributed by atoms with E-state index in [9.17, 15) is 4.79 Å². The van der Waals surface area contributed by atoms with Crippen LogP contribution in [0.4, 0.5) is 0 Å². The summed E-state index contributed by atoms with van der Waals surface area (Å²) >= 11 is 0. The minimum absolute atomic E-state index is 0.0422. The van der Waals surface area contributed by atoms with Crippen LogP contribution in [0.25, 0.3) is 0 Å². The van der Waals surface area contributed by atoms with Crippen molar-refractivity contribution in [2.24, 2.45) is 5.92 Å². The number of carbonyl (C=O) groups excluding carboxylic acids is 1. The van der Waals surface area contributed by atoms with Crippen molar-refractivity contribution < 1.29 is 9.53 Å². The van der Waals surface area contributed by atoms with Crippen LogP contribution in [0.5, 0.6) is 0 Å². The lowest BCUT2D eigenvalue weighted by molar-refractivity contribution is -0.120. The summed E-state index contributed by atoms with van der Waals surface area (Å²) in [4.78, 5) is 11.7. The highest BCUT2D eigenvalue weighted by atomic mass is 16.5. The molecule has 2 rings (SSSR count). The largest absolute Gasteiger partial charge is 0.381 e. The smallest absolute Gasteiger partial charge is 0.234 e. The van der Waals surface area contributed by atoms with Crippen LogP contribution in [-0.2, 0) is 16.1 Å². The van der Waals surface area contributed by atoms with Gasteiger partial charge >= 0.3 is 0 Å². The third kappa shape index (κ3) is 5.41. The van der Waals surface area contributed by atoms with Crippen molar-refractivity contribution in [2.75, 3.05) is 26.3 Å². The summed E-state index contributed by atoms with van der Waals surface area (Å²) in [6.45, 7) is 3.53. The Kier molecular flexibility index (Phi) is 5.85. The summed E-state index contributed by atoms with van der Waals surface area (Å²) in [6, 6.07) is 9.94. The van der Waals surface area contributed by atoms with E-state index in [0.29, 0.717) is 19.0 Å². The van der Waals surface area contributed by atoms with Gasteiger partial charge in [0.2, 0.25) is 5.91 Å². The highest BCUT2D eigenvalue weighted by molar-refractivity contribution is 5.77. The van der Waals surface area contributed by atoms with Crippen LogP contribution >= 0.6 is 0 Å². The number of nitrogens with one attached hydrogen (secondary N) is 2. The third-order valence-corrected chi connectivity index (χ3v) is 3.31. The molecule has 1 heterocycles. The lowest BCUT2D eigenvalue weighted by Gasteiger charge is -2.22. The van der Waals surface area contributed by atoms with Crippen LogP contribution in [0.1, 0.15) is 18.4 Å². The second kappa shape index (κ2) is 7.92. The van der Waals surface area contributed by atoms with E-state index in [1.54, 1.807) is 0 Å². The summed E-state index contributed by atoms with van der Waals surface area (Å²) in [5.74, 6) is 0.594. The van der Waals surface area contributed by atoms with Gasteiger partial charge in [-0.05, 0) is 24.3 Å². The molecular weight excluding hydrogens is 240 g/mol. The van der Waals surface area contributed by atoms with Crippen LogP contribution in [-0.4, -0.2) is 32.2 Å². The monoisotopic (exact) mass is 262 g/mol. The van der Waals surface area contributed by atoms with E-state index >= 15 is 0 Å². The van der Waals surface area contributed by atoms with Crippen molar-refractivity contribution >= 4 is 5.91 Å². The van der Waals surface area contributed by atoms with Gasteiger partial charge in [0.15, 0.2) is 0 Å². The Labute approximate surface area is 114 Å². The average Bonchev–Trinajstić information content (AvgIpc) is 2.47. The van der Waals surface area contributed by atoms with Gasteiger partial charge in [-0.1, -0.05) is 30.3 Å². The maximum atomic E-state index is 11.7. The fourth-order valence-corrected chi connectivity index (χ4v) is 2.22. The molecule has 4 nitrogen and oxygen atoms in total. The normalized spacial score (nSPS) is 19.1. The fourth-order valence-electron chi connectivity index (χ4n) is 2.22. The van der Waals surface area contributed by atoms with Gasteiger partial charge in [0.05, 0.1) is 13.2 Å². The van der Waals surface area contributed by atoms with Crippen molar-refractivity contribution in [1.29, 1.82) is 0 Å². The van der Waals surface area contributed by atoms with Gasteiger partial charge in [0, 0.05) is 19.7 Å². The van der Waals surface area contributed by atoms with Crippen LogP contribution in [0, 0.1) is 5.92 Å². The molecule has 0 aromatic heterocycles. The van der Waals surface area contributed by atoms with E-state index in [1.807, 2.05) is 30.3 Å². The summed E-state index contributed by atoms with van der Waals surface area (Å²) in [5, 5.41) is 6.10. The number of rotatable bonds is 6. The van der Waals surface area contributed by atoms with Gasteiger partial charge in [-0.25, -0.2) is 0 Å². The van der Waals surface area contributed by atoms with E-state index in [1.165, 1.54) is 6.42 Å². The number of benzene rings is 1. The standard InChI is InChI=1S/C15H22N2O2/c18-15(17-10-13-5-2-1-3-6-13)11-16-9-14-7-4-8-19-12-14/h1-3,5-6,14,16H,4,7-12H2,(H,17,18). The zero-order valence-electron chi connectivity index (χ0n) is 11.2. The molecule has 1 aromatic carbocycles. The summed E-state index contributed by atoms with van der Waals surface area (Å²) in [6.07, 6.45) is 2.32. The Hall–Kier alpha value is -1.39. The van der Waals surface area contributed by atoms with Crippen LogP contribution in [0.15, 0.2) is 30.3 Å². The molecule has 1 atom stereocenters. The molecule has 0 aliphatic carbocycles. The molecule has 1 aromatic rings. The van der Waals surface area contributed by atoms with Gasteiger partial charge < -0.3 is 15.4 Å². The Balaban J connectivity index is 1.57. The Morgan fingerprint density at radius 1 is 1.32 bits per heavy atom. The molecule has 0 radical (unpaired) electrons. The van der Waals surface area contributed by atoms with Crippen molar-refractivity contribution in [3.05, 3.63) is 35.9 Å². The Morgan fingerprint density at radius 3 is 2.89 bits per heavy atom. The molecular formula is C15H22N2O2. The first-order valence-electron chi connectivity index (χ1n) is 6.93. The third-order valence-electron chi connectivity index (χ3n) is 3.31. The molecule has 1 unspecified atom stereocenters. The van der Waals surface area contributed by atoms with E-state index in [4.69, 9.17) is 4.74 Å². The quantitative estimate of drug-likeness (QED) is 0.813. The number of hydrogen-bond donors (Lipinski definition) is 2. The molecule has 1 saturated heterocycles. The molecule has 1 aliphatic rings. The van der Waals surface area contributed by atoms with Gasteiger partial charge in [0.1, 0.15) is 0 Å². The molecule has 19 heavy (non-hydrogen) atoms. The van der Waals surface area contributed by atoms with Crippen molar-refractivity contribution in [2.45, 2.75) is 19.4 Å². The highest BCUT2D eigenvalue weighted by Crippen LogP contribution is 2.11. The van der Waals surface area contributed by atoms with Crippen molar-refractivity contribution in [3.63, 3.8) is 0 Å². The lowest BCUT2D eigenvalue weighted by Crippen LogP contribution is -2.37. The van der Waals surface area contributed by atoms with E-state index in [-0.39, 0.29) is 5.91 Å². The summed E-state index contributed by atoms with van der Waals surface area (Å²) in [5.41, 5.74) is 1.12. The van der Waals surface area contributed by atoms with Crippen LogP contribution in [0.2, 0.25) is 0 Å². The SMILES string of the molecule is O=C(CNCC1CCCOC1)NCc1ccccc1. The second-order valence-electron chi connectivity index (χ2n) is 4.98. The lowest BCUT2D eigenvalue weighted by atomic mass is 10.0. The minimum atomic E-state index is 0.0422. The maximum Gasteiger partial charge on any atom is 0.234 e. The molecule has 1 aliphatic heterocycles. The zero-order chi connectivity index (χ0) is 13.3. The minimum Gasteiger partial charge on any atom is -0.381 e. The number of amides is 1. The first kappa shape index (κ1) is 14.0. The molecule has 0 spiro atoms. The summed E-state index contributed by atoms with van der Waals surface area (Å²) < 4.78 is 5.40. The predicted molar refractivity (Wildman–Crippen MR) is 74.7 cm³/mol. The van der Waals surface area contributed by atoms with E-state index in [2.05, 4.69) is 10.6 Å². The molecule has 1 fully saturated rings. The molecule has 104 valence electrons. The summed E-state index contributed by atoms with van der Waals surface area (Å²) in [7, 11) is 0. The van der Waals surface area contributed by atoms with Gasteiger partial charge in [0.25, 0.3) is 0 Å². The van der Waals surface area contributed by atoms with E-state index < -0.39 is 0 Å². The van der Waals surface area contributed by atoms with Gasteiger partial charge in [-0.15, -0.1) is 0 Å². The molecule has 1 amide bonds. The highest BCUT2D eigenvalue weighted by Gasteiger charge is 2.13. The number of ether oxygens (including phenoxy) is 1. The molecule has 2 N–H and O–H groups in total. The number of hydrogen-bond acceptors (Lipinski definition) is 3. The van der Waals surface area contributed by atoms with Gasteiger partial charge in [-0.2, -0.15) is 0 Å². The zero-order valence-corrected chi connectivity index (χ0v) is 11.2. The fraction of sp³-hybridized carbons (Fsp3) is 0.533. The molecule has 4 heteroatoms. The first-order chi connectivity index (χ1) is 9.34.